The van der Waals surface area contributed by atoms with Gasteiger partial charge >= 0.3 is 0 Å². The smallest absolute Gasteiger partial charge is 0.220 e. The zero-order valence-electron chi connectivity index (χ0n) is 11.5. The van der Waals surface area contributed by atoms with E-state index in [1.807, 2.05) is 22.9 Å². The van der Waals surface area contributed by atoms with E-state index in [0.29, 0.717) is 5.95 Å². The van der Waals surface area contributed by atoms with Crippen LogP contribution >= 0.6 is 0 Å². The third kappa shape index (κ3) is 2.07. The zero-order chi connectivity index (χ0) is 14.2. The van der Waals surface area contributed by atoms with E-state index in [-0.39, 0.29) is 0 Å². The summed E-state index contributed by atoms with van der Waals surface area (Å²) in [4.78, 5) is 12.9. The van der Waals surface area contributed by atoms with Crippen molar-refractivity contribution in [3.63, 3.8) is 0 Å². The molecule has 5 nitrogen and oxygen atoms in total. The number of hydrogen-bond acceptors (Lipinski definition) is 4. The number of pyridine rings is 1. The number of aryl methyl sites for hydroxylation is 1. The Hall–Kier alpha value is -2.69. The van der Waals surface area contributed by atoms with Gasteiger partial charge in [-0.15, -0.1) is 0 Å². The molecule has 0 spiro atoms. The average molecular weight is 277 g/mol. The predicted molar refractivity (Wildman–Crippen MR) is 81.7 cm³/mol. The van der Waals surface area contributed by atoms with E-state index in [4.69, 9.17) is 5.73 Å². The molecule has 4 rings (SSSR count). The molecule has 3 aromatic heterocycles. The molecule has 0 amide bonds. The van der Waals surface area contributed by atoms with Crippen molar-refractivity contribution in [1.29, 1.82) is 0 Å². The van der Waals surface area contributed by atoms with Crippen LogP contribution in [0.1, 0.15) is 29.7 Å². The van der Waals surface area contributed by atoms with Gasteiger partial charge in [0.05, 0.1) is 5.69 Å². The summed E-state index contributed by atoms with van der Waals surface area (Å²) in [5, 5.41) is 0. The molecule has 21 heavy (non-hydrogen) atoms. The van der Waals surface area contributed by atoms with Crippen LogP contribution in [0.25, 0.3) is 11.2 Å². The lowest BCUT2D eigenvalue weighted by Gasteiger charge is -2.11. The topological polar surface area (TPSA) is 69.1 Å². The van der Waals surface area contributed by atoms with Crippen molar-refractivity contribution in [2.24, 2.45) is 0 Å². The first kappa shape index (κ1) is 12.1. The van der Waals surface area contributed by atoms with Crippen LogP contribution in [-0.2, 0) is 6.42 Å². The van der Waals surface area contributed by atoms with E-state index in [2.05, 4.69) is 33.3 Å². The van der Waals surface area contributed by atoms with E-state index in [0.717, 1.165) is 41.7 Å². The minimum absolute atomic E-state index is 0.347. The first-order valence-electron chi connectivity index (χ1n) is 7.06. The summed E-state index contributed by atoms with van der Waals surface area (Å²) in [6.07, 6.45) is 13.0. The largest absolute Gasteiger partial charge is 0.368 e. The van der Waals surface area contributed by atoms with Crippen molar-refractivity contribution in [2.75, 3.05) is 5.73 Å². The minimum Gasteiger partial charge on any atom is -0.368 e. The Morgan fingerprint density at radius 2 is 2.14 bits per heavy atom. The molecular weight excluding hydrogens is 262 g/mol. The van der Waals surface area contributed by atoms with Crippen molar-refractivity contribution in [3.05, 3.63) is 59.8 Å². The number of hydrogen-bond donors (Lipinski definition) is 1. The lowest BCUT2D eigenvalue weighted by Crippen LogP contribution is -2.03. The van der Waals surface area contributed by atoms with Gasteiger partial charge in [-0.2, -0.15) is 0 Å². The maximum Gasteiger partial charge on any atom is 0.220 e. The SMILES string of the molecule is Nc1ncc2c(n1)CCCC=C2c1ccc2nccn2c1. The highest BCUT2D eigenvalue weighted by atomic mass is 15.0. The number of anilines is 1. The van der Waals surface area contributed by atoms with Gasteiger partial charge in [0.25, 0.3) is 0 Å². The first-order valence-corrected chi connectivity index (χ1v) is 7.06. The fourth-order valence-electron chi connectivity index (χ4n) is 2.83. The summed E-state index contributed by atoms with van der Waals surface area (Å²) in [6.45, 7) is 0. The third-order valence-corrected chi connectivity index (χ3v) is 3.84. The molecule has 2 N–H and O–H groups in total. The molecule has 3 aromatic rings. The Bertz CT molecular complexity index is 847. The first-order chi connectivity index (χ1) is 10.3. The Balaban J connectivity index is 1.89. The third-order valence-electron chi connectivity index (χ3n) is 3.84. The highest BCUT2D eigenvalue weighted by Gasteiger charge is 2.15. The summed E-state index contributed by atoms with van der Waals surface area (Å²) in [5.41, 5.74) is 11.1. The number of fused-ring (bicyclic) bond motifs is 2. The molecule has 0 saturated carbocycles. The minimum atomic E-state index is 0.347. The van der Waals surface area contributed by atoms with Gasteiger partial charge in [0.15, 0.2) is 0 Å². The number of nitrogens with two attached hydrogens (primary N) is 1. The molecule has 1 aliphatic rings. The van der Waals surface area contributed by atoms with Crippen molar-refractivity contribution in [1.82, 2.24) is 19.4 Å². The van der Waals surface area contributed by atoms with E-state index in [1.54, 1.807) is 6.20 Å². The molecule has 5 heteroatoms. The van der Waals surface area contributed by atoms with Crippen LogP contribution < -0.4 is 5.73 Å². The highest BCUT2D eigenvalue weighted by molar-refractivity contribution is 5.81. The second-order valence-electron chi connectivity index (χ2n) is 5.21. The van der Waals surface area contributed by atoms with Crippen LogP contribution in [-0.4, -0.2) is 19.4 Å². The molecule has 104 valence electrons. The predicted octanol–water partition coefficient (Wildman–Crippen LogP) is 2.47. The second kappa shape index (κ2) is 4.70. The number of allylic oxidation sites excluding steroid dienone is 1. The second-order valence-corrected chi connectivity index (χ2v) is 5.21. The fraction of sp³-hybridized carbons (Fsp3) is 0.188. The summed E-state index contributed by atoms with van der Waals surface area (Å²) in [5.74, 6) is 0.347. The number of nitrogen functional groups attached to an aromatic ring is 1. The number of imidazole rings is 1. The Labute approximate surface area is 122 Å². The van der Waals surface area contributed by atoms with Gasteiger partial charge in [0, 0.05) is 30.4 Å². The molecule has 1 aliphatic carbocycles. The van der Waals surface area contributed by atoms with Gasteiger partial charge in [0.1, 0.15) is 5.65 Å². The molecule has 0 aliphatic heterocycles. The van der Waals surface area contributed by atoms with Gasteiger partial charge in [-0.3, -0.25) is 0 Å². The monoisotopic (exact) mass is 277 g/mol. The molecule has 0 atom stereocenters. The van der Waals surface area contributed by atoms with Crippen LogP contribution in [0.4, 0.5) is 5.95 Å². The standard InChI is InChI=1S/C16H15N5/c17-16-19-9-13-12(3-1-2-4-14(13)20-16)11-5-6-15-18-7-8-21(15)10-11/h3,5-10H,1-2,4H2,(H2,17,19,20). The van der Waals surface area contributed by atoms with Gasteiger partial charge < -0.3 is 10.1 Å². The van der Waals surface area contributed by atoms with Crippen LogP contribution in [0.3, 0.4) is 0 Å². The molecule has 0 fully saturated rings. The van der Waals surface area contributed by atoms with E-state index in [1.165, 1.54) is 5.57 Å². The number of aromatic nitrogens is 4. The van der Waals surface area contributed by atoms with Crippen LogP contribution in [0, 0.1) is 0 Å². The molecule has 0 unspecified atom stereocenters. The van der Waals surface area contributed by atoms with Crippen molar-refractivity contribution in [2.45, 2.75) is 19.3 Å². The maximum absolute atomic E-state index is 5.72. The molecule has 0 aromatic carbocycles. The maximum atomic E-state index is 5.72. The van der Waals surface area contributed by atoms with Crippen molar-refractivity contribution in [3.8, 4) is 0 Å². The number of rotatable bonds is 1. The Kier molecular flexibility index (Phi) is 2.70. The molecule has 0 radical (unpaired) electrons. The normalized spacial score (nSPS) is 14.6. The van der Waals surface area contributed by atoms with Gasteiger partial charge in [0.2, 0.25) is 5.95 Å². The van der Waals surface area contributed by atoms with E-state index >= 15 is 0 Å². The van der Waals surface area contributed by atoms with Crippen molar-refractivity contribution < 1.29 is 0 Å². The van der Waals surface area contributed by atoms with Gasteiger partial charge in [-0.05, 0) is 42.5 Å². The lowest BCUT2D eigenvalue weighted by molar-refractivity contribution is 0.823. The molecule has 0 saturated heterocycles. The van der Waals surface area contributed by atoms with Crippen LogP contribution in [0.15, 0.2) is 43.0 Å². The average Bonchev–Trinajstić information content (AvgIpc) is 2.86. The fourth-order valence-corrected chi connectivity index (χ4v) is 2.83. The van der Waals surface area contributed by atoms with Crippen molar-refractivity contribution >= 4 is 17.2 Å². The van der Waals surface area contributed by atoms with Gasteiger partial charge in [-0.1, -0.05) is 6.08 Å². The quantitative estimate of drug-likeness (QED) is 0.742. The molecule has 0 bridgehead atoms. The summed E-state index contributed by atoms with van der Waals surface area (Å²) in [6, 6.07) is 4.12. The van der Waals surface area contributed by atoms with E-state index < -0.39 is 0 Å². The van der Waals surface area contributed by atoms with Crippen LogP contribution in [0.2, 0.25) is 0 Å². The summed E-state index contributed by atoms with van der Waals surface area (Å²) < 4.78 is 2.03. The summed E-state index contributed by atoms with van der Waals surface area (Å²) in [7, 11) is 0. The Morgan fingerprint density at radius 1 is 1.19 bits per heavy atom. The Morgan fingerprint density at radius 3 is 3.10 bits per heavy atom. The number of nitrogens with zero attached hydrogens (tertiary/aromatic N) is 4. The lowest BCUT2D eigenvalue weighted by atomic mass is 9.99. The highest BCUT2D eigenvalue weighted by Crippen LogP contribution is 2.30. The van der Waals surface area contributed by atoms with Crippen LogP contribution in [0.5, 0.6) is 0 Å². The molecule has 3 heterocycles. The zero-order valence-corrected chi connectivity index (χ0v) is 11.5. The van der Waals surface area contributed by atoms with Gasteiger partial charge in [-0.25, -0.2) is 15.0 Å². The van der Waals surface area contributed by atoms with E-state index in [9.17, 15) is 0 Å². The summed E-state index contributed by atoms with van der Waals surface area (Å²) >= 11 is 0. The molecular formula is C16H15N5.